The van der Waals surface area contributed by atoms with Crippen LogP contribution >= 0.6 is 0 Å². The maximum Gasteiger partial charge on any atom is 0.155 e. The van der Waals surface area contributed by atoms with Crippen molar-refractivity contribution in [3.8, 4) is 0 Å². The Balaban J connectivity index is 1.69. The maximum absolute atomic E-state index is 12.2. The molecule has 3 fully saturated rings. The van der Waals surface area contributed by atoms with E-state index in [-0.39, 0.29) is 29.1 Å². The highest BCUT2D eigenvalue weighted by Gasteiger charge is 2.60. The van der Waals surface area contributed by atoms with Crippen LogP contribution in [0.2, 0.25) is 0 Å². The number of ketones is 2. The fraction of sp³-hybridized carbons (Fsp3) is 0.810. The first-order valence-electron chi connectivity index (χ1n) is 9.77. The highest BCUT2D eigenvalue weighted by Crippen LogP contribution is 2.66. The first-order chi connectivity index (χ1) is 11.4. The van der Waals surface area contributed by atoms with E-state index in [1.165, 1.54) is 12.0 Å². The van der Waals surface area contributed by atoms with Gasteiger partial charge >= 0.3 is 0 Å². The van der Waals surface area contributed by atoms with Crippen molar-refractivity contribution in [2.45, 2.75) is 65.2 Å². The molecule has 0 aliphatic heterocycles. The standard InChI is InChI=1S/C21H30O3/c1-13(23)17-5-6-18-16-4-3-14-11-15(24)7-10-21(14,12-22)19(16)8-9-20(17,18)2/h11,16-19,22H,3-10,12H2,1-2H3/t16-,17+,18+,19-,20+,21+/m0/s1. The molecule has 0 bridgehead atoms. The molecule has 0 aromatic heterocycles. The van der Waals surface area contributed by atoms with Gasteiger partial charge in [-0.15, -0.1) is 0 Å². The molecule has 3 nitrogen and oxygen atoms in total. The lowest BCUT2D eigenvalue weighted by molar-refractivity contribution is -0.130. The molecule has 3 saturated carbocycles. The zero-order valence-electron chi connectivity index (χ0n) is 15.0. The third kappa shape index (κ3) is 2.06. The zero-order valence-corrected chi connectivity index (χ0v) is 15.0. The molecule has 4 rings (SSSR count). The quantitative estimate of drug-likeness (QED) is 0.840. The third-order valence-corrected chi connectivity index (χ3v) is 8.46. The van der Waals surface area contributed by atoms with E-state index < -0.39 is 0 Å². The molecular formula is C21H30O3. The van der Waals surface area contributed by atoms with Crippen molar-refractivity contribution in [3.63, 3.8) is 0 Å². The Morgan fingerprint density at radius 3 is 2.67 bits per heavy atom. The monoisotopic (exact) mass is 330 g/mol. The molecule has 0 radical (unpaired) electrons. The topological polar surface area (TPSA) is 54.4 Å². The largest absolute Gasteiger partial charge is 0.395 e. The lowest BCUT2D eigenvalue weighted by atomic mass is 9.46. The van der Waals surface area contributed by atoms with Crippen molar-refractivity contribution in [1.29, 1.82) is 0 Å². The SMILES string of the molecule is CC(=O)[C@H]1CC[C@@H]2[C@@H]3CCC4=CC(=O)CC[C@]4(CO)[C@H]3CC[C@]12C. The summed E-state index contributed by atoms with van der Waals surface area (Å²) < 4.78 is 0. The number of rotatable bonds is 2. The van der Waals surface area contributed by atoms with Crippen molar-refractivity contribution >= 4 is 11.6 Å². The zero-order chi connectivity index (χ0) is 17.1. The van der Waals surface area contributed by atoms with Crippen LogP contribution in [0.5, 0.6) is 0 Å². The minimum atomic E-state index is -0.146. The highest BCUT2D eigenvalue weighted by molar-refractivity contribution is 5.91. The molecule has 4 aliphatic carbocycles. The Morgan fingerprint density at radius 1 is 1.17 bits per heavy atom. The van der Waals surface area contributed by atoms with Crippen molar-refractivity contribution < 1.29 is 14.7 Å². The summed E-state index contributed by atoms with van der Waals surface area (Å²) in [5.41, 5.74) is 1.24. The number of hydrogen-bond donors (Lipinski definition) is 1. The number of hydrogen-bond acceptors (Lipinski definition) is 3. The second kappa shape index (κ2) is 5.52. The van der Waals surface area contributed by atoms with Crippen LogP contribution in [0, 0.1) is 34.5 Å². The molecule has 132 valence electrons. The van der Waals surface area contributed by atoms with E-state index in [1.54, 1.807) is 6.92 Å². The van der Waals surface area contributed by atoms with Crippen LogP contribution in [0.1, 0.15) is 65.2 Å². The molecule has 1 N–H and O–H groups in total. The van der Waals surface area contributed by atoms with Crippen molar-refractivity contribution in [2.75, 3.05) is 6.61 Å². The first-order valence-corrected chi connectivity index (χ1v) is 9.77. The maximum atomic E-state index is 12.2. The van der Waals surface area contributed by atoms with E-state index >= 15 is 0 Å². The van der Waals surface area contributed by atoms with Gasteiger partial charge < -0.3 is 5.11 Å². The summed E-state index contributed by atoms with van der Waals surface area (Å²) in [4.78, 5) is 24.1. The number of carbonyl (C=O) groups is 2. The van der Waals surface area contributed by atoms with Gasteiger partial charge in [-0.3, -0.25) is 9.59 Å². The lowest BCUT2D eigenvalue weighted by Gasteiger charge is -2.58. The predicted octanol–water partition coefficient (Wildman–Crippen LogP) is 3.70. The van der Waals surface area contributed by atoms with E-state index in [1.807, 2.05) is 6.08 Å². The predicted molar refractivity (Wildman–Crippen MR) is 92.3 cm³/mol. The summed E-state index contributed by atoms with van der Waals surface area (Å²) in [5, 5.41) is 10.3. The number of carbonyl (C=O) groups excluding carboxylic acids is 2. The van der Waals surface area contributed by atoms with E-state index in [0.717, 1.165) is 38.5 Å². The smallest absolute Gasteiger partial charge is 0.155 e. The minimum Gasteiger partial charge on any atom is -0.395 e. The van der Waals surface area contributed by atoms with Gasteiger partial charge in [0.05, 0.1) is 6.61 Å². The Bertz CT molecular complexity index is 606. The van der Waals surface area contributed by atoms with Gasteiger partial charge in [-0.2, -0.15) is 0 Å². The Kier molecular flexibility index (Phi) is 3.80. The van der Waals surface area contributed by atoms with Crippen LogP contribution in [0.15, 0.2) is 11.6 Å². The number of Topliss-reactive ketones (excluding diaryl/α,β-unsaturated/α-hetero) is 1. The normalized spacial score (nSPS) is 47.5. The van der Waals surface area contributed by atoms with Gasteiger partial charge in [0.25, 0.3) is 0 Å². The van der Waals surface area contributed by atoms with Gasteiger partial charge in [-0.25, -0.2) is 0 Å². The highest BCUT2D eigenvalue weighted by atomic mass is 16.3. The van der Waals surface area contributed by atoms with Gasteiger partial charge in [0.2, 0.25) is 0 Å². The van der Waals surface area contributed by atoms with Gasteiger partial charge in [0.1, 0.15) is 5.78 Å². The summed E-state index contributed by atoms with van der Waals surface area (Å²) in [6, 6.07) is 0. The number of fused-ring (bicyclic) bond motifs is 5. The fourth-order valence-electron chi connectivity index (χ4n) is 7.33. The molecule has 3 heteroatoms. The van der Waals surface area contributed by atoms with Crippen molar-refractivity contribution in [2.24, 2.45) is 34.5 Å². The van der Waals surface area contributed by atoms with Crippen LogP contribution in [-0.4, -0.2) is 23.3 Å². The second-order valence-corrected chi connectivity index (χ2v) is 9.15. The molecule has 0 saturated heterocycles. The van der Waals surface area contributed by atoms with Crippen molar-refractivity contribution in [1.82, 2.24) is 0 Å². The van der Waals surface area contributed by atoms with Crippen LogP contribution in [-0.2, 0) is 9.59 Å². The van der Waals surface area contributed by atoms with E-state index in [2.05, 4.69) is 6.92 Å². The Morgan fingerprint density at radius 2 is 1.96 bits per heavy atom. The Hall–Kier alpha value is -0.960. The molecule has 0 aromatic carbocycles. The van der Waals surface area contributed by atoms with E-state index in [4.69, 9.17) is 0 Å². The van der Waals surface area contributed by atoms with Crippen LogP contribution < -0.4 is 0 Å². The van der Waals surface area contributed by atoms with Crippen LogP contribution in [0.3, 0.4) is 0 Å². The number of aliphatic hydroxyl groups excluding tert-OH is 1. The van der Waals surface area contributed by atoms with E-state index in [0.29, 0.717) is 30.0 Å². The van der Waals surface area contributed by atoms with Crippen LogP contribution in [0.25, 0.3) is 0 Å². The van der Waals surface area contributed by atoms with Gasteiger partial charge in [0.15, 0.2) is 5.78 Å². The molecule has 0 spiro atoms. The molecule has 0 aromatic rings. The third-order valence-electron chi connectivity index (χ3n) is 8.46. The first kappa shape index (κ1) is 16.5. The molecule has 24 heavy (non-hydrogen) atoms. The lowest BCUT2D eigenvalue weighted by Crippen LogP contribution is -2.53. The van der Waals surface area contributed by atoms with Crippen LogP contribution in [0.4, 0.5) is 0 Å². The van der Waals surface area contributed by atoms with Gasteiger partial charge in [-0.05, 0) is 81.1 Å². The number of aliphatic hydroxyl groups is 1. The average Bonchev–Trinajstić information content (AvgIpc) is 2.91. The molecule has 0 unspecified atom stereocenters. The Labute approximate surface area is 144 Å². The summed E-state index contributed by atoms with van der Waals surface area (Å²) in [6.45, 7) is 4.31. The summed E-state index contributed by atoms with van der Waals surface area (Å²) in [7, 11) is 0. The molecule has 0 heterocycles. The van der Waals surface area contributed by atoms with Crippen molar-refractivity contribution in [3.05, 3.63) is 11.6 Å². The summed E-state index contributed by atoms with van der Waals surface area (Å²) >= 11 is 0. The average molecular weight is 330 g/mol. The summed E-state index contributed by atoms with van der Waals surface area (Å²) in [6.07, 6.45) is 9.80. The molecule has 6 atom stereocenters. The second-order valence-electron chi connectivity index (χ2n) is 9.15. The minimum absolute atomic E-state index is 0.146. The molecule has 4 aliphatic rings. The summed E-state index contributed by atoms with van der Waals surface area (Å²) in [5.74, 6) is 2.58. The van der Waals surface area contributed by atoms with E-state index in [9.17, 15) is 14.7 Å². The molecule has 0 amide bonds. The van der Waals surface area contributed by atoms with Gasteiger partial charge in [0, 0.05) is 17.8 Å². The van der Waals surface area contributed by atoms with Gasteiger partial charge in [-0.1, -0.05) is 12.5 Å². The fourth-order valence-corrected chi connectivity index (χ4v) is 7.33. The molecular weight excluding hydrogens is 300 g/mol.